The third-order valence-corrected chi connectivity index (χ3v) is 7.85. The highest BCUT2D eigenvalue weighted by Gasteiger charge is 2.35. The summed E-state index contributed by atoms with van der Waals surface area (Å²) in [4.78, 5) is 27.5. The third-order valence-electron chi connectivity index (χ3n) is 7.85. The summed E-state index contributed by atoms with van der Waals surface area (Å²) < 4.78 is 10.2. The Balaban J connectivity index is 1.60. The molecule has 0 bridgehead atoms. The first-order valence-corrected chi connectivity index (χ1v) is 13.2. The summed E-state index contributed by atoms with van der Waals surface area (Å²) in [6.45, 7) is 10.2. The van der Waals surface area contributed by atoms with Crippen LogP contribution >= 0.6 is 0 Å². The van der Waals surface area contributed by atoms with Crippen molar-refractivity contribution in [3.8, 4) is 16.9 Å². The minimum absolute atomic E-state index is 0.00728. The molecule has 0 unspecified atom stereocenters. The van der Waals surface area contributed by atoms with Gasteiger partial charge >= 0.3 is 0 Å². The van der Waals surface area contributed by atoms with Crippen LogP contribution in [-0.4, -0.2) is 50.8 Å². The molecule has 8 nitrogen and oxygen atoms in total. The largest absolute Gasteiger partial charge is 0.484 e. The van der Waals surface area contributed by atoms with Crippen molar-refractivity contribution in [2.45, 2.75) is 53.1 Å². The van der Waals surface area contributed by atoms with Gasteiger partial charge in [-0.15, -0.1) is 0 Å². The molecule has 2 aliphatic rings. The van der Waals surface area contributed by atoms with Crippen molar-refractivity contribution in [3.05, 3.63) is 46.8 Å². The highest BCUT2D eigenvalue weighted by molar-refractivity contribution is 6.19. The molecule has 2 amide bonds. The highest BCUT2D eigenvalue weighted by Crippen LogP contribution is 2.47. The Labute approximate surface area is 216 Å². The fourth-order valence-electron chi connectivity index (χ4n) is 6.28. The lowest BCUT2D eigenvalue weighted by molar-refractivity contribution is -0.132. The zero-order chi connectivity index (χ0) is 26.0. The predicted octanol–water partition coefficient (Wildman–Crippen LogP) is 4.37. The van der Waals surface area contributed by atoms with Crippen LogP contribution in [0.15, 0.2) is 24.4 Å². The molecular weight excluding hydrogens is 466 g/mol. The van der Waals surface area contributed by atoms with E-state index in [0.29, 0.717) is 25.4 Å². The van der Waals surface area contributed by atoms with Gasteiger partial charge in [-0.2, -0.15) is 5.10 Å². The molecule has 1 aliphatic carbocycles. The maximum atomic E-state index is 13.2. The van der Waals surface area contributed by atoms with Gasteiger partial charge in [0.05, 0.1) is 16.8 Å². The third kappa shape index (κ3) is 3.45. The Bertz CT molecular complexity index is 1590. The second kappa shape index (κ2) is 8.64. The first-order valence-electron chi connectivity index (χ1n) is 13.2. The van der Waals surface area contributed by atoms with Crippen LogP contribution in [0.4, 0.5) is 0 Å². The number of rotatable bonds is 6. The normalized spacial score (nSPS) is 14.2. The number of ether oxygens (including phenoxy) is 1. The highest BCUT2D eigenvalue weighted by atomic mass is 16.5. The van der Waals surface area contributed by atoms with E-state index in [2.05, 4.69) is 34.9 Å². The number of aryl methyl sites for hydroxylation is 3. The lowest BCUT2D eigenvalue weighted by Gasteiger charge is -2.22. The van der Waals surface area contributed by atoms with Crippen LogP contribution in [0.2, 0.25) is 0 Å². The van der Waals surface area contributed by atoms with E-state index in [0.717, 1.165) is 57.1 Å². The van der Waals surface area contributed by atoms with E-state index in [1.54, 1.807) is 4.90 Å². The number of hydrogen-bond acceptors (Lipinski definition) is 4. The van der Waals surface area contributed by atoms with Gasteiger partial charge in [-0.3, -0.25) is 14.3 Å². The van der Waals surface area contributed by atoms with Crippen molar-refractivity contribution < 1.29 is 14.3 Å². The SMILES string of the molecule is CCN(CC)C(=O)COc1ccc2c(c1)c1c3c(c4c(c1n2C(C)C)CCc1nn(C)cc1-4)C(=O)NC3. The second-order valence-electron chi connectivity index (χ2n) is 10.3. The number of carbonyl (C=O) groups excluding carboxylic acids is 2. The van der Waals surface area contributed by atoms with Crippen molar-refractivity contribution in [2.24, 2.45) is 7.05 Å². The van der Waals surface area contributed by atoms with Gasteiger partial charge in [0.2, 0.25) is 0 Å². The number of likely N-dealkylation sites (N-methyl/N-ethyl adjacent to an activating group) is 1. The predicted molar refractivity (Wildman–Crippen MR) is 144 cm³/mol. The van der Waals surface area contributed by atoms with E-state index in [4.69, 9.17) is 4.74 Å². The first-order chi connectivity index (χ1) is 17.8. The van der Waals surface area contributed by atoms with Gasteiger partial charge in [-0.25, -0.2) is 0 Å². The van der Waals surface area contributed by atoms with Crippen LogP contribution in [0.5, 0.6) is 5.75 Å². The zero-order valence-electron chi connectivity index (χ0n) is 22.1. The summed E-state index contributed by atoms with van der Waals surface area (Å²) in [5.74, 6) is 0.619. The van der Waals surface area contributed by atoms with Crippen LogP contribution in [0.1, 0.15) is 60.9 Å². The Morgan fingerprint density at radius 1 is 1.16 bits per heavy atom. The Morgan fingerprint density at radius 2 is 1.95 bits per heavy atom. The minimum Gasteiger partial charge on any atom is -0.484 e. The Hall–Kier alpha value is -3.81. The number of carbonyl (C=O) groups is 2. The molecule has 8 heteroatoms. The van der Waals surface area contributed by atoms with Gasteiger partial charge in [0.15, 0.2) is 6.61 Å². The number of nitrogens with one attached hydrogen (secondary N) is 1. The molecule has 37 heavy (non-hydrogen) atoms. The van der Waals surface area contributed by atoms with Crippen molar-refractivity contribution in [1.29, 1.82) is 0 Å². The smallest absolute Gasteiger partial charge is 0.260 e. The van der Waals surface area contributed by atoms with E-state index in [1.807, 2.05) is 43.9 Å². The molecule has 192 valence electrons. The summed E-state index contributed by atoms with van der Waals surface area (Å²) in [6, 6.07) is 6.30. The van der Waals surface area contributed by atoms with Crippen LogP contribution in [0.25, 0.3) is 32.9 Å². The van der Waals surface area contributed by atoms with Crippen molar-refractivity contribution in [1.82, 2.24) is 24.6 Å². The monoisotopic (exact) mass is 499 g/mol. The number of nitrogens with zero attached hydrogens (tertiary/aromatic N) is 4. The average Bonchev–Trinajstić information content (AvgIpc) is 3.55. The minimum atomic E-state index is -0.0215. The number of benzene rings is 2. The molecule has 0 atom stereocenters. The fraction of sp³-hybridized carbons (Fsp3) is 0.414. The van der Waals surface area contributed by atoms with Crippen LogP contribution < -0.4 is 10.1 Å². The molecule has 0 fully saturated rings. The van der Waals surface area contributed by atoms with E-state index < -0.39 is 0 Å². The Morgan fingerprint density at radius 3 is 2.68 bits per heavy atom. The number of fused-ring (bicyclic) bond motifs is 10. The van der Waals surface area contributed by atoms with Gasteiger partial charge in [-0.05, 0) is 69.9 Å². The summed E-state index contributed by atoms with van der Waals surface area (Å²) in [5.41, 5.74) is 8.50. The molecule has 3 heterocycles. The topological polar surface area (TPSA) is 81.4 Å². The van der Waals surface area contributed by atoms with Gasteiger partial charge < -0.3 is 19.5 Å². The van der Waals surface area contributed by atoms with Crippen molar-refractivity contribution in [2.75, 3.05) is 19.7 Å². The lowest BCUT2D eigenvalue weighted by Crippen LogP contribution is -2.34. The average molecular weight is 500 g/mol. The van der Waals surface area contributed by atoms with Gasteiger partial charge in [0.25, 0.3) is 11.8 Å². The van der Waals surface area contributed by atoms with Crippen LogP contribution in [-0.2, 0) is 31.2 Å². The standard InChI is InChI=1S/C29H33N5O3/c1-6-33(7-2)24(35)15-37-17-8-11-23-19(12-17)26-20-13-30-29(36)27(20)25-18(28(26)34(23)16(3)4)9-10-22-21(25)14-32(5)31-22/h8,11-12,14,16H,6-7,9-10,13,15H2,1-5H3,(H,30,36). The summed E-state index contributed by atoms with van der Waals surface area (Å²) in [7, 11) is 1.94. The summed E-state index contributed by atoms with van der Waals surface area (Å²) >= 11 is 0. The van der Waals surface area contributed by atoms with Gasteiger partial charge in [0, 0.05) is 66.3 Å². The fourth-order valence-corrected chi connectivity index (χ4v) is 6.28. The number of amides is 2. The lowest BCUT2D eigenvalue weighted by atomic mass is 9.82. The molecule has 6 rings (SSSR count). The molecule has 1 aliphatic heterocycles. The van der Waals surface area contributed by atoms with Crippen LogP contribution in [0.3, 0.4) is 0 Å². The van der Waals surface area contributed by atoms with Gasteiger partial charge in [0.1, 0.15) is 5.75 Å². The van der Waals surface area contributed by atoms with Crippen molar-refractivity contribution >= 4 is 33.6 Å². The van der Waals surface area contributed by atoms with E-state index >= 15 is 0 Å². The first kappa shape index (κ1) is 23.6. The molecule has 2 aromatic carbocycles. The molecule has 4 aromatic rings. The molecule has 1 N–H and O–H groups in total. The zero-order valence-corrected chi connectivity index (χ0v) is 22.1. The van der Waals surface area contributed by atoms with E-state index in [9.17, 15) is 9.59 Å². The quantitative estimate of drug-likeness (QED) is 0.427. The summed E-state index contributed by atoms with van der Waals surface area (Å²) in [5, 5.41) is 9.95. The molecule has 0 radical (unpaired) electrons. The van der Waals surface area contributed by atoms with E-state index in [1.165, 1.54) is 11.1 Å². The number of hydrogen-bond donors (Lipinski definition) is 1. The Kier molecular flexibility index (Phi) is 5.51. The van der Waals surface area contributed by atoms with Crippen molar-refractivity contribution in [3.63, 3.8) is 0 Å². The molecular formula is C29H33N5O3. The molecule has 0 spiro atoms. The van der Waals surface area contributed by atoms with Gasteiger partial charge in [-0.1, -0.05) is 0 Å². The summed E-state index contributed by atoms with van der Waals surface area (Å²) in [6.07, 6.45) is 3.73. The second-order valence-corrected chi connectivity index (χ2v) is 10.3. The molecule has 2 aromatic heterocycles. The maximum absolute atomic E-state index is 13.2. The molecule has 0 saturated heterocycles. The molecule has 0 saturated carbocycles. The van der Waals surface area contributed by atoms with Crippen LogP contribution in [0, 0.1) is 0 Å². The maximum Gasteiger partial charge on any atom is 0.260 e. The number of aromatic nitrogens is 3. The van der Waals surface area contributed by atoms with E-state index in [-0.39, 0.29) is 24.5 Å².